The third-order valence-electron chi connectivity index (χ3n) is 2.48. The van der Waals surface area contributed by atoms with Crippen molar-refractivity contribution in [1.29, 1.82) is 0 Å². The summed E-state index contributed by atoms with van der Waals surface area (Å²) < 4.78 is 0.642. The van der Waals surface area contributed by atoms with E-state index in [1.165, 1.54) is 23.2 Å². The third kappa shape index (κ3) is 2.82. The van der Waals surface area contributed by atoms with Gasteiger partial charge >= 0.3 is 0 Å². The smallest absolute Gasteiger partial charge is 0.0824 e. The second-order valence-electron chi connectivity index (χ2n) is 3.73. The molecule has 4 heteroatoms. The number of hydrogen-bond acceptors (Lipinski definition) is 3. The third-order valence-corrected chi connectivity index (χ3v) is 12.5. The summed E-state index contributed by atoms with van der Waals surface area (Å²) in [6, 6.07) is 9.34. The molecule has 1 aromatic carbocycles. The highest BCUT2D eigenvalue weighted by atomic mass is 32.5. The number of thioether (sulfide) groups is 2. The van der Waals surface area contributed by atoms with Gasteiger partial charge in [0.05, 0.1) is 4.32 Å². The van der Waals surface area contributed by atoms with Crippen LogP contribution >= 0.6 is 29.6 Å². The average Bonchev–Trinajstić information content (AvgIpc) is 2.31. The zero-order valence-electron chi connectivity index (χ0n) is 8.76. The predicted molar refractivity (Wildman–Crippen MR) is 79.6 cm³/mol. The standard InChI is InChI=1S/C11H15PS3/c1-12(13,10-6-3-2-4-7-10)11-14-8-5-9-15-11/h2-4,6-7,11H,5,8-9H2,1H3. The highest BCUT2D eigenvalue weighted by Crippen LogP contribution is 2.57. The molecule has 0 aliphatic carbocycles. The van der Waals surface area contributed by atoms with Crippen molar-refractivity contribution in [3.8, 4) is 0 Å². The van der Waals surface area contributed by atoms with Gasteiger partial charge in [-0.15, -0.1) is 23.5 Å². The van der Waals surface area contributed by atoms with Crippen LogP contribution in [-0.2, 0) is 11.8 Å². The van der Waals surface area contributed by atoms with E-state index >= 15 is 0 Å². The first-order valence-electron chi connectivity index (χ1n) is 5.07. The molecule has 1 aliphatic heterocycles. The van der Waals surface area contributed by atoms with Crippen LogP contribution in [0.15, 0.2) is 30.3 Å². The maximum absolute atomic E-state index is 5.90. The van der Waals surface area contributed by atoms with Crippen molar-refractivity contribution in [2.75, 3.05) is 18.2 Å². The molecule has 0 radical (unpaired) electrons. The molecule has 1 heterocycles. The molecule has 1 saturated heterocycles. The van der Waals surface area contributed by atoms with E-state index in [1.807, 2.05) is 0 Å². The fraction of sp³-hybridized carbons (Fsp3) is 0.455. The van der Waals surface area contributed by atoms with Gasteiger partial charge in [-0.2, -0.15) is 0 Å². The molecule has 1 aromatic rings. The maximum atomic E-state index is 5.90. The quantitative estimate of drug-likeness (QED) is 0.757. The molecule has 0 nitrogen and oxygen atoms in total. The van der Waals surface area contributed by atoms with Crippen LogP contribution < -0.4 is 5.30 Å². The summed E-state index contributed by atoms with van der Waals surface area (Å²) in [5.74, 6) is 2.58. The van der Waals surface area contributed by atoms with Gasteiger partial charge in [-0.25, -0.2) is 0 Å². The summed E-state index contributed by atoms with van der Waals surface area (Å²) in [7, 11) is 0. The minimum Gasteiger partial charge on any atom is -0.142 e. The van der Waals surface area contributed by atoms with Crippen molar-refractivity contribution in [1.82, 2.24) is 0 Å². The van der Waals surface area contributed by atoms with Crippen LogP contribution in [0.5, 0.6) is 0 Å². The van der Waals surface area contributed by atoms with Crippen LogP contribution in [0.4, 0.5) is 0 Å². The Hall–Kier alpha value is 0.570. The zero-order chi connectivity index (χ0) is 10.7. The Morgan fingerprint density at radius 3 is 2.40 bits per heavy atom. The Morgan fingerprint density at radius 1 is 1.20 bits per heavy atom. The van der Waals surface area contributed by atoms with Crippen LogP contribution in [0, 0.1) is 0 Å². The van der Waals surface area contributed by atoms with E-state index in [4.69, 9.17) is 11.8 Å². The highest BCUT2D eigenvalue weighted by Gasteiger charge is 2.28. The Balaban J connectivity index is 2.22. The first-order valence-corrected chi connectivity index (χ1v) is 10.5. The maximum Gasteiger partial charge on any atom is 0.0824 e. The van der Waals surface area contributed by atoms with E-state index in [1.54, 1.807) is 0 Å². The SMILES string of the molecule is CP(=S)(c1ccccc1)C1SCCCS1. The molecule has 0 amide bonds. The summed E-state index contributed by atoms with van der Waals surface area (Å²) in [6.07, 6.45) is 1.34. The Morgan fingerprint density at radius 2 is 1.80 bits per heavy atom. The number of benzene rings is 1. The number of hydrogen-bond donors (Lipinski definition) is 0. The van der Waals surface area contributed by atoms with E-state index < -0.39 is 6.04 Å². The minimum absolute atomic E-state index is 0.642. The Labute approximate surface area is 106 Å². The molecular formula is C11H15PS3. The molecule has 1 aliphatic rings. The Bertz CT molecular complexity index is 357. The summed E-state index contributed by atoms with van der Waals surface area (Å²) in [5, 5.41) is 1.40. The topological polar surface area (TPSA) is 0 Å². The monoisotopic (exact) mass is 274 g/mol. The predicted octanol–water partition coefficient (Wildman–Crippen LogP) is 3.57. The first kappa shape index (κ1) is 12.0. The second-order valence-corrected chi connectivity index (χ2v) is 12.4. The highest BCUT2D eigenvalue weighted by molar-refractivity contribution is 8.35. The van der Waals surface area contributed by atoms with Crippen molar-refractivity contribution in [2.24, 2.45) is 0 Å². The minimum atomic E-state index is -1.36. The van der Waals surface area contributed by atoms with Crippen molar-refractivity contribution in [2.45, 2.75) is 10.7 Å². The summed E-state index contributed by atoms with van der Waals surface area (Å²) in [5.41, 5.74) is 0. The van der Waals surface area contributed by atoms with Gasteiger partial charge in [0.1, 0.15) is 0 Å². The van der Waals surface area contributed by atoms with Crippen molar-refractivity contribution >= 4 is 46.7 Å². The van der Waals surface area contributed by atoms with Crippen LogP contribution in [-0.4, -0.2) is 22.5 Å². The van der Waals surface area contributed by atoms with Crippen LogP contribution in [0.3, 0.4) is 0 Å². The second kappa shape index (κ2) is 5.27. The lowest BCUT2D eigenvalue weighted by atomic mass is 10.4. The van der Waals surface area contributed by atoms with Gasteiger partial charge in [0, 0.05) is 6.04 Å². The van der Waals surface area contributed by atoms with Crippen molar-refractivity contribution < 1.29 is 0 Å². The lowest BCUT2D eigenvalue weighted by molar-refractivity contribution is 1.12. The van der Waals surface area contributed by atoms with E-state index in [9.17, 15) is 0 Å². The molecule has 82 valence electrons. The van der Waals surface area contributed by atoms with Gasteiger partial charge in [-0.3, -0.25) is 0 Å². The molecular weight excluding hydrogens is 259 g/mol. The number of rotatable bonds is 2. The fourth-order valence-corrected chi connectivity index (χ4v) is 9.88. The first-order chi connectivity index (χ1) is 7.21. The molecule has 15 heavy (non-hydrogen) atoms. The van der Waals surface area contributed by atoms with Crippen LogP contribution in [0.25, 0.3) is 0 Å². The van der Waals surface area contributed by atoms with Gasteiger partial charge in [0.15, 0.2) is 0 Å². The van der Waals surface area contributed by atoms with Gasteiger partial charge in [0.2, 0.25) is 0 Å². The summed E-state index contributed by atoms with van der Waals surface area (Å²) >= 11 is 10.0. The normalized spacial score (nSPS) is 22.2. The average molecular weight is 274 g/mol. The fourth-order valence-electron chi connectivity index (χ4n) is 1.61. The van der Waals surface area contributed by atoms with E-state index in [0.717, 1.165) is 0 Å². The van der Waals surface area contributed by atoms with Gasteiger partial charge in [0.25, 0.3) is 0 Å². The molecule has 1 unspecified atom stereocenters. The van der Waals surface area contributed by atoms with Gasteiger partial charge < -0.3 is 0 Å². The van der Waals surface area contributed by atoms with Crippen LogP contribution in [0.1, 0.15) is 6.42 Å². The Kier molecular flexibility index (Phi) is 4.23. The molecule has 2 rings (SSSR count). The van der Waals surface area contributed by atoms with E-state index in [-0.39, 0.29) is 0 Å². The van der Waals surface area contributed by atoms with Crippen LogP contribution in [0.2, 0.25) is 0 Å². The lowest BCUT2D eigenvalue weighted by Gasteiger charge is -2.30. The molecule has 0 spiro atoms. The van der Waals surface area contributed by atoms with E-state index in [2.05, 4.69) is 60.5 Å². The molecule has 1 fully saturated rings. The van der Waals surface area contributed by atoms with Gasteiger partial charge in [-0.05, 0) is 29.9 Å². The van der Waals surface area contributed by atoms with Crippen molar-refractivity contribution in [3.63, 3.8) is 0 Å². The molecule has 0 N–H and O–H groups in total. The summed E-state index contributed by atoms with van der Waals surface area (Å²) in [4.78, 5) is 0. The summed E-state index contributed by atoms with van der Waals surface area (Å²) in [6.45, 7) is 2.30. The van der Waals surface area contributed by atoms with Gasteiger partial charge in [-0.1, -0.05) is 42.1 Å². The van der Waals surface area contributed by atoms with E-state index in [0.29, 0.717) is 4.32 Å². The largest absolute Gasteiger partial charge is 0.142 e. The molecule has 0 aromatic heterocycles. The lowest BCUT2D eigenvalue weighted by Crippen LogP contribution is -2.14. The van der Waals surface area contributed by atoms with Crippen molar-refractivity contribution in [3.05, 3.63) is 30.3 Å². The molecule has 1 atom stereocenters. The zero-order valence-corrected chi connectivity index (χ0v) is 12.1. The molecule has 0 bridgehead atoms. The molecule has 0 saturated carbocycles.